The Balaban J connectivity index is 2.53. The molecule has 0 radical (unpaired) electrons. The van der Waals surface area contributed by atoms with Crippen LogP contribution in [0, 0.1) is 5.41 Å². The van der Waals surface area contributed by atoms with Crippen LogP contribution in [0.3, 0.4) is 0 Å². The first kappa shape index (κ1) is 9.78. The second-order valence-electron chi connectivity index (χ2n) is 4.07. The van der Waals surface area contributed by atoms with E-state index in [0.717, 1.165) is 12.2 Å². The van der Waals surface area contributed by atoms with E-state index in [1.165, 1.54) is 0 Å². The molecule has 0 saturated heterocycles. The Morgan fingerprint density at radius 1 is 1.58 bits per heavy atom. The van der Waals surface area contributed by atoms with E-state index in [0.29, 0.717) is 4.83 Å². The van der Waals surface area contributed by atoms with Gasteiger partial charge in [0.1, 0.15) is 5.82 Å². The summed E-state index contributed by atoms with van der Waals surface area (Å²) in [5.74, 6) is 1.05. The lowest BCUT2D eigenvalue weighted by Crippen LogP contribution is -2.22. The van der Waals surface area contributed by atoms with Crippen LogP contribution >= 0.6 is 15.9 Å². The molecule has 1 N–H and O–H groups in total. The van der Waals surface area contributed by atoms with Crippen molar-refractivity contribution in [3.05, 3.63) is 18.2 Å². The molecule has 1 aromatic heterocycles. The van der Waals surface area contributed by atoms with Gasteiger partial charge in [-0.3, -0.25) is 0 Å². The Hall–Kier alpha value is -0.310. The molecule has 1 heterocycles. The minimum Gasteiger partial charge on any atom is -0.349 e. The van der Waals surface area contributed by atoms with Gasteiger partial charge in [-0.15, -0.1) is 0 Å². The van der Waals surface area contributed by atoms with Gasteiger partial charge in [-0.1, -0.05) is 36.7 Å². The summed E-state index contributed by atoms with van der Waals surface area (Å²) in [6.07, 6.45) is 4.60. The van der Waals surface area contributed by atoms with Crippen molar-refractivity contribution in [1.82, 2.24) is 9.97 Å². The standard InChI is InChI=1S/C9H15BrN2/c1-9(2,3)7(10)6-8-11-4-5-12-8/h4-5,7H,6H2,1-3H3,(H,11,12). The molecule has 0 bridgehead atoms. The number of alkyl halides is 1. The largest absolute Gasteiger partial charge is 0.349 e. The van der Waals surface area contributed by atoms with Crippen molar-refractivity contribution in [3.63, 3.8) is 0 Å². The van der Waals surface area contributed by atoms with E-state index in [2.05, 4.69) is 46.7 Å². The first-order chi connectivity index (χ1) is 5.50. The van der Waals surface area contributed by atoms with Crippen LogP contribution in [-0.2, 0) is 6.42 Å². The quantitative estimate of drug-likeness (QED) is 0.779. The second-order valence-corrected chi connectivity index (χ2v) is 5.18. The molecule has 12 heavy (non-hydrogen) atoms. The fraction of sp³-hybridized carbons (Fsp3) is 0.667. The molecule has 0 aliphatic rings. The summed E-state index contributed by atoms with van der Waals surface area (Å²) >= 11 is 3.66. The highest BCUT2D eigenvalue weighted by Gasteiger charge is 2.22. The Morgan fingerprint density at radius 3 is 2.67 bits per heavy atom. The van der Waals surface area contributed by atoms with Crippen molar-refractivity contribution in [2.24, 2.45) is 5.41 Å². The van der Waals surface area contributed by atoms with E-state index >= 15 is 0 Å². The number of hydrogen-bond donors (Lipinski definition) is 1. The van der Waals surface area contributed by atoms with Gasteiger partial charge >= 0.3 is 0 Å². The van der Waals surface area contributed by atoms with Gasteiger partial charge in [-0.05, 0) is 5.41 Å². The molecule has 1 atom stereocenters. The van der Waals surface area contributed by atoms with Crippen LogP contribution in [0.1, 0.15) is 26.6 Å². The summed E-state index contributed by atoms with van der Waals surface area (Å²) in [5.41, 5.74) is 0.285. The predicted octanol–water partition coefficient (Wildman–Crippen LogP) is 2.76. The van der Waals surface area contributed by atoms with Crippen molar-refractivity contribution in [1.29, 1.82) is 0 Å². The molecule has 0 amide bonds. The van der Waals surface area contributed by atoms with Crippen LogP contribution in [0.4, 0.5) is 0 Å². The zero-order valence-electron chi connectivity index (χ0n) is 7.76. The number of imidazole rings is 1. The summed E-state index contributed by atoms with van der Waals surface area (Å²) < 4.78 is 0. The number of aromatic nitrogens is 2. The third kappa shape index (κ3) is 2.63. The smallest absolute Gasteiger partial charge is 0.107 e. The van der Waals surface area contributed by atoms with E-state index in [4.69, 9.17) is 0 Å². The van der Waals surface area contributed by atoms with Crippen LogP contribution in [0.15, 0.2) is 12.4 Å². The SMILES string of the molecule is CC(C)(C)C(Br)Cc1ncc[nH]1. The van der Waals surface area contributed by atoms with E-state index in [-0.39, 0.29) is 5.41 Å². The van der Waals surface area contributed by atoms with Crippen molar-refractivity contribution in [3.8, 4) is 0 Å². The highest BCUT2D eigenvalue weighted by molar-refractivity contribution is 9.09. The summed E-state index contributed by atoms with van der Waals surface area (Å²) in [6, 6.07) is 0. The third-order valence-corrected chi connectivity index (χ3v) is 3.56. The van der Waals surface area contributed by atoms with E-state index in [1.54, 1.807) is 6.20 Å². The Kier molecular flexibility index (Phi) is 2.94. The van der Waals surface area contributed by atoms with E-state index in [1.807, 2.05) is 6.20 Å². The Morgan fingerprint density at radius 2 is 2.25 bits per heavy atom. The molecule has 2 nitrogen and oxygen atoms in total. The first-order valence-corrected chi connectivity index (χ1v) is 5.04. The number of nitrogens with zero attached hydrogens (tertiary/aromatic N) is 1. The van der Waals surface area contributed by atoms with Crippen molar-refractivity contribution in [2.45, 2.75) is 32.0 Å². The van der Waals surface area contributed by atoms with Gasteiger partial charge in [0.25, 0.3) is 0 Å². The van der Waals surface area contributed by atoms with Crippen LogP contribution in [-0.4, -0.2) is 14.8 Å². The second kappa shape index (κ2) is 3.60. The molecule has 0 saturated carbocycles. The average molecular weight is 231 g/mol. The molecule has 0 aliphatic heterocycles. The van der Waals surface area contributed by atoms with Crippen molar-refractivity contribution in [2.75, 3.05) is 0 Å². The minimum atomic E-state index is 0.285. The van der Waals surface area contributed by atoms with Crippen LogP contribution < -0.4 is 0 Å². The molecule has 1 aromatic rings. The topological polar surface area (TPSA) is 28.7 Å². The van der Waals surface area contributed by atoms with Crippen LogP contribution in [0.25, 0.3) is 0 Å². The number of rotatable bonds is 2. The molecule has 3 heteroatoms. The van der Waals surface area contributed by atoms with Crippen molar-refractivity contribution < 1.29 is 0 Å². The molecule has 0 fully saturated rings. The minimum absolute atomic E-state index is 0.285. The summed E-state index contributed by atoms with van der Waals surface area (Å²) in [7, 11) is 0. The molecular formula is C9H15BrN2. The highest BCUT2D eigenvalue weighted by Crippen LogP contribution is 2.27. The molecule has 0 aromatic carbocycles. The van der Waals surface area contributed by atoms with Crippen LogP contribution in [0.2, 0.25) is 0 Å². The first-order valence-electron chi connectivity index (χ1n) is 4.12. The molecule has 1 rings (SSSR count). The molecular weight excluding hydrogens is 216 g/mol. The van der Waals surface area contributed by atoms with Gasteiger partial charge in [0.15, 0.2) is 0 Å². The van der Waals surface area contributed by atoms with Gasteiger partial charge in [0, 0.05) is 23.6 Å². The van der Waals surface area contributed by atoms with Gasteiger partial charge in [0.05, 0.1) is 0 Å². The maximum atomic E-state index is 4.18. The van der Waals surface area contributed by atoms with Gasteiger partial charge < -0.3 is 4.98 Å². The zero-order chi connectivity index (χ0) is 9.19. The Labute approximate surface area is 81.9 Å². The summed E-state index contributed by atoms with van der Waals surface area (Å²) in [5, 5.41) is 0. The van der Waals surface area contributed by atoms with Crippen LogP contribution in [0.5, 0.6) is 0 Å². The number of hydrogen-bond acceptors (Lipinski definition) is 1. The lowest BCUT2D eigenvalue weighted by atomic mass is 9.90. The van der Waals surface area contributed by atoms with E-state index in [9.17, 15) is 0 Å². The highest BCUT2D eigenvalue weighted by atomic mass is 79.9. The van der Waals surface area contributed by atoms with Crippen molar-refractivity contribution >= 4 is 15.9 Å². The maximum Gasteiger partial charge on any atom is 0.107 e. The number of aromatic amines is 1. The summed E-state index contributed by atoms with van der Waals surface area (Å²) in [6.45, 7) is 6.65. The number of H-pyrrole nitrogens is 1. The predicted molar refractivity (Wildman–Crippen MR) is 54.5 cm³/mol. The monoisotopic (exact) mass is 230 g/mol. The van der Waals surface area contributed by atoms with E-state index < -0.39 is 0 Å². The van der Waals surface area contributed by atoms with Gasteiger partial charge in [-0.2, -0.15) is 0 Å². The molecule has 1 unspecified atom stereocenters. The van der Waals surface area contributed by atoms with Gasteiger partial charge in [0.2, 0.25) is 0 Å². The molecule has 0 aliphatic carbocycles. The third-order valence-electron chi connectivity index (χ3n) is 1.87. The molecule has 0 spiro atoms. The molecule has 68 valence electrons. The Bertz CT molecular complexity index is 223. The lowest BCUT2D eigenvalue weighted by Gasteiger charge is -2.24. The number of nitrogens with one attached hydrogen (secondary N) is 1. The normalized spacial score (nSPS) is 14.7. The average Bonchev–Trinajstić information content (AvgIpc) is 2.37. The lowest BCUT2D eigenvalue weighted by molar-refractivity contribution is 0.394. The summed E-state index contributed by atoms with van der Waals surface area (Å²) in [4.78, 5) is 7.75. The fourth-order valence-electron chi connectivity index (χ4n) is 0.886. The maximum absolute atomic E-state index is 4.18. The number of halogens is 1. The fourth-order valence-corrected chi connectivity index (χ4v) is 1.19. The van der Waals surface area contributed by atoms with Gasteiger partial charge in [-0.25, -0.2) is 4.98 Å². The zero-order valence-corrected chi connectivity index (χ0v) is 9.35.